The predicted octanol–water partition coefficient (Wildman–Crippen LogP) is 5.52. The lowest BCUT2D eigenvalue weighted by Crippen LogP contribution is -2.15. The summed E-state index contributed by atoms with van der Waals surface area (Å²) in [5, 5.41) is 0.421. The molecular formula is C22H19ClN2O2S. The summed E-state index contributed by atoms with van der Waals surface area (Å²) in [5.41, 5.74) is 4.98. The molecular weight excluding hydrogens is 392 g/mol. The lowest BCUT2D eigenvalue weighted by atomic mass is 10.0. The fourth-order valence-corrected chi connectivity index (χ4v) is 5.49. The van der Waals surface area contributed by atoms with Crippen LogP contribution in [0.3, 0.4) is 0 Å². The predicted molar refractivity (Wildman–Crippen MR) is 113 cm³/mol. The number of aromatic nitrogens is 2. The molecule has 1 heterocycles. The molecule has 0 bridgehead atoms. The summed E-state index contributed by atoms with van der Waals surface area (Å²) >= 11 is 6.15. The molecule has 0 aliphatic carbocycles. The summed E-state index contributed by atoms with van der Waals surface area (Å²) in [6, 6.07) is 18.7. The second-order valence-corrected chi connectivity index (χ2v) is 8.97. The zero-order valence-corrected chi connectivity index (χ0v) is 17.3. The van der Waals surface area contributed by atoms with Crippen molar-refractivity contribution < 1.29 is 8.42 Å². The van der Waals surface area contributed by atoms with Gasteiger partial charge in [-0.25, -0.2) is 17.4 Å². The normalized spacial score (nSPS) is 11.9. The Balaban J connectivity index is 1.93. The minimum atomic E-state index is -3.82. The van der Waals surface area contributed by atoms with Gasteiger partial charge in [0.2, 0.25) is 0 Å². The summed E-state index contributed by atoms with van der Waals surface area (Å²) < 4.78 is 28.0. The average Bonchev–Trinajstić information content (AvgIpc) is 2.99. The third-order valence-corrected chi connectivity index (χ3v) is 7.31. The Hall–Kier alpha value is -2.63. The minimum Gasteiger partial charge on any atom is -0.232 e. The molecule has 0 unspecified atom stereocenters. The van der Waals surface area contributed by atoms with Gasteiger partial charge in [0.05, 0.1) is 15.9 Å². The van der Waals surface area contributed by atoms with Gasteiger partial charge in [-0.05, 0) is 67.3 Å². The zero-order chi connectivity index (χ0) is 20.1. The molecule has 0 N–H and O–H groups in total. The molecule has 0 saturated heterocycles. The van der Waals surface area contributed by atoms with Crippen molar-refractivity contribution in [3.63, 3.8) is 0 Å². The SMILES string of the molecule is Cc1ccccc1-c1ccc2c(c1)nc(C)n2S(=O)(=O)c1cccc(Cl)c1C. The van der Waals surface area contributed by atoms with E-state index in [0.29, 0.717) is 27.4 Å². The van der Waals surface area contributed by atoms with Crippen LogP contribution >= 0.6 is 11.6 Å². The van der Waals surface area contributed by atoms with Gasteiger partial charge in [0, 0.05) is 5.02 Å². The Kier molecular flexibility index (Phi) is 4.52. The molecule has 0 aliphatic rings. The van der Waals surface area contributed by atoms with Crippen molar-refractivity contribution in [2.24, 2.45) is 0 Å². The second kappa shape index (κ2) is 6.76. The maximum atomic E-state index is 13.4. The maximum Gasteiger partial charge on any atom is 0.270 e. The monoisotopic (exact) mass is 410 g/mol. The zero-order valence-electron chi connectivity index (χ0n) is 15.8. The van der Waals surface area contributed by atoms with Crippen LogP contribution in [0.4, 0.5) is 0 Å². The standard InChI is InChI=1S/C22H19ClN2O2S/c1-14-7-4-5-8-18(14)17-11-12-21-20(13-17)24-16(3)25(21)28(26,27)22-10-6-9-19(23)15(22)2/h4-13H,1-3H3. The number of imidazole rings is 1. The van der Waals surface area contributed by atoms with Gasteiger partial charge < -0.3 is 0 Å². The second-order valence-electron chi connectivity index (χ2n) is 6.81. The van der Waals surface area contributed by atoms with Crippen molar-refractivity contribution in [1.29, 1.82) is 0 Å². The van der Waals surface area contributed by atoms with Crippen molar-refractivity contribution in [3.8, 4) is 11.1 Å². The van der Waals surface area contributed by atoms with E-state index in [1.165, 1.54) is 3.97 Å². The molecule has 0 aliphatic heterocycles. The Morgan fingerprint density at radius 1 is 0.929 bits per heavy atom. The summed E-state index contributed by atoms with van der Waals surface area (Å²) in [4.78, 5) is 4.71. The van der Waals surface area contributed by atoms with Gasteiger partial charge in [0.25, 0.3) is 10.0 Å². The van der Waals surface area contributed by atoms with Gasteiger partial charge in [-0.1, -0.05) is 48.0 Å². The third-order valence-electron chi connectivity index (χ3n) is 4.96. The number of benzene rings is 3. The lowest BCUT2D eigenvalue weighted by Gasteiger charge is -2.12. The Bertz CT molecular complexity index is 1320. The minimum absolute atomic E-state index is 0.186. The average molecular weight is 411 g/mol. The van der Waals surface area contributed by atoms with Crippen LogP contribution in [-0.4, -0.2) is 17.4 Å². The highest BCUT2D eigenvalue weighted by atomic mass is 35.5. The van der Waals surface area contributed by atoms with Crippen LogP contribution in [0.1, 0.15) is 17.0 Å². The molecule has 0 spiro atoms. The Morgan fingerprint density at radius 3 is 2.43 bits per heavy atom. The third kappa shape index (κ3) is 2.91. The van der Waals surface area contributed by atoms with Crippen LogP contribution in [0.2, 0.25) is 5.02 Å². The number of aryl methyl sites for hydroxylation is 2. The number of fused-ring (bicyclic) bond motifs is 1. The Labute approximate surface area is 169 Å². The van der Waals surface area contributed by atoms with E-state index in [2.05, 4.69) is 18.0 Å². The topological polar surface area (TPSA) is 52.0 Å². The van der Waals surface area contributed by atoms with Crippen LogP contribution in [0.15, 0.2) is 65.6 Å². The fraction of sp³-hybridized carbons (Fsp3) is 0.136. The molecule has 4 aromatic rings. The van der Waals surface area contributed by atoms with Crippen LogP contribution < -0.4 is 0 Å². The van der Waals surface area contributed by atoms with Crippen LogP contribution in [0.5, 0.6) is 0 Å². The number of rotatable bonds is 3. The molecule has 0 fully saturated rings. The number of nitrogens with zero attached hydrogens (tertiary/aromatic N) is 2. The highest BCUT2D eigenvalue weighted by molar-refractivity contribution is 7.90. The molecule has 28 heavy (non-hydrogen) atoms. The van der Waals surface area contributed by atoms with Crippen LogP contribution in [0.25, 0.3) is 22.2 Å². The van der Waals surface area contributed by atoms with E-state index < -0.39 is 10.0 Å². The number of halogens is 1. The smallest absolute Gasteiger partial charge is 0.232 e. The summed E-state index contributed by atoms with van der Waals surface area (Å²) in [6.45, 7) is 5.46. The molecule has 142 valence electrons. The van der Waals surface area contributed by atoms with Gasteiger partial charge >= 0.3 is 0 Å². The van der Waals surface area contributed by atoms with E-state index in [0.717, 1.165) is 16.7 Å². The quantitative estimate of drug-likeness (QED) is 0.447. The van der Waals surface area contributed by atoms with E-state index >= 15 is 0 Å². The first-order valence-electron chi connectivity index (χ1n) is 8.86. The van der Waals surface area contributed by atoms with Crippen LogP contribution in [-0.2, 0) is 10.0 Å². The molecule has 4 nitrogen and oxygen atoms in total. The number of hydrogen-bond donors (Lipinski definition) is 0. The largest absolute Gasteiger partial charge is 0.270 e. The molecule has 0 radical (unpaired) electrons. The first-order valence-corrected chi connectivity index (χ1v) is 10.7. The van der Waals surface area contributed by atoms with Crippen molar-refractivity contribution in [2.45, 2.75) is 25.7 Å². The van der Waals surface area contributed by atoms with E-state index in [4.69, 9.17) is 11.6 Å². The van der Waals surface area contributed by atoms with Crippen molar-refractivity contribution in [3.05, 3.63) is 82.6 Å². The van der Waals surface area contributed by atoms with Gasteiger partial charge in [-0.3, -0.25) is 0 Å². The van der Waals surface area contributed by atoms with E-state index in [9.17, 15) is 8.42 Å². The summed E-state index contributed by atoms with van der Waals surface area (Å²) in [7, 11) is -3.82. The Morgan fingerprint density at radius 2 is 1.68 bits per heavy atom. The van der Waals surface area contributed by atoms with Gasteiger partial charge in [0.1, 0.15) is 5.82 Å². The lowest BCUT2D eigenvalue weighted by molar-refractivity contribution is 0.587. The van der Waals surface area contributed by atoms with Crippen molar-refractivity contribution in [1.82, 2.24) is 8.96 Å². The fourth-order valence-electron chi connectivity index (χ4n) is 3.51. The molecule has 6 heteroatoms. The first-order chi connectivity index (χ1) is 13.3. The molecule has 0 amide bonds. The summed E-state index contributed by atoms with van der Waals surface area (Å²) in [6.07, 6.45) is 0. The maximum absolute atomic E-state index is 13.4. The summed E-state index contributed by atoms with van der Waals surface area (Å²) in [5.74, 6) is 0.413. The van der Waals surface area contributed by atoms with E-state index in [1.54, 1.807) is 32.0 Å². The first kappa shape index (κ1) is 18.7. The van der Waals surface area contributed by atoms with Gasteiger partial charge in [-0.15, -0.1) is 0 Å². The highest BCUT2D eigenvalue weighted by Gasteiger charge is 2.25. The molecule has 4 rings (SSSR count). The van der Waals surface area contributed by atoms with Crippen LogP contribution in [0, 0.1) is 20.8 Å². The number of hydrogen-bond acceptors (Lipinski definition) is 3. The molecule has 0 atom stereocenters. The highest BCUT2D eigenvalue weighted by Crippen LogP contribution is 2.31. The molecule has 3 aromatic carbocycles. The van der Waals surface area contributed by atoms with E-state index in [1.807, 2.05) is 36.4 Å². The van der Waals surface area contributed by atoms with E-state index in [-0.39, 0.29) is 4.90 Å². The van der Waals surface area contributed by atoms with Gasteiger partial charge in [0.15, 0.2) is 0 Å². The van der Waals surface area contributed by atoms with Crippen molar-refractivity contribution in [2.75, 3.05) is 0 Å². The van der Waals surface area contributed by atoms with Crippen molar-refractivity contribution >= 4 is 32.7 Å². The molecule has 1 aromatic heterocycles. The van der Waals surface area contributed by atoms with Gasteiger partial charge in [-0.2, -0.15) is 0 Å². The molecule has 0 saturated carbocycles.